The number of esters is 1. The van der Waals surface area contributed by atoms with Crippen LogP contribution in [0, 0.1) is 6.92 Å². The fraction of sp³-hybridized carbons (Fsp3) is 0.208. The molecular weight excluding hydrogens is 416 g/mol. The zero-order chi connectivity index (χ0) is 22.2. The van der Waals surface area contributed by atoms with Crippen LogP contribution in [0.3, 0.4) is 0 Å². The molecule has 2 N–H and O–H groups in total. The lowest BCUT2D eigenvalue weighted by atomic mass is 10.1. The average molecular weight is 439 g/mol. The number of carbonyl (C=O) groups excluding carboxylic acids is 3. The number of carbonyl (C=O) groups is 3. The van der Waals surface area contributed by atoms with E-state index in [2.05, 4.69) is 10.6 Å². The van der Waals surface area contributed by atoms with Crippen molar-refractivity contribution < 1.29 is 19.1 Å². The van der Waals surface area contributed by atoms with Gasteiger partial charge in [-0.05, 0) is 42.5 Å². The first-order valence-electron chi connectivity index (χ1n) is 9.91. The maximum Gasteiger partial charge on any atom is 0.306 e. The van der Waals surface area contributed by atoms with Gasteiger partial charge in [-0.15, -0.1) is 0 Å². The van der Waals surface area contributed by atoms with Gasteiger partial charge in [0.2, 0.25) is 5.91 Å². The highest BCUT2D eigenvalue weighted by Gasteiger charge is 2.11. The molecule has 7 heteroatoms. The summed E-state index contributed by atoms with van der Waals surface area (Å²) in [5.74, 6) is -1.17. The van der Waals surface area contributed by atoms with Crippen molar-refractivity contribution in [3.63, 3.8) is 0 Å². The number of fused-ring (bicyclic) bond motifs is 1. The third-order valence-corrected chi connectivity index (χ3v) is 5.08. The Bertz CT molecular complexity index is 1110. The van der Waals surface area contributed by atoms with E-state index in [1.54, 1.807) is 18.2 Å². The summed E-state index contributed by atoms with van der Waals surface area (Å²) in [6.07, 6.45) is 0.545. The Balaban J connectivity index is 1.38. The lowest BCUT2D eigenvalue weighted by Gasteiger charge is -2.09. The predicted molar refractivity (Wildman–Crippen MR) is 122 cm³/mol. The van der Waals surface area contributed by atoms with Crippen LogP contribution >= 0.6 is 11.6 Å². The maximum atomic E-state index is 12.2. The van der Waals surface area contributed by atoms with E-state index in [1.165, 1.54) is 0 Å². The first-order chi connectivity index (χ1) is 14.9. The zero-order valence-corrected chi connectivity index (χ0v) is 17.9. The van der Waals surface area contributed by atoms with Gasteiger partial charge in [0.05, 0.1) is 0 Å². The van der Waals surface area contributed by atoms with Gasteiger partial charge in [-0.1, -0.05) is 54.1 Å². The summed E-state index contributed by atoms with van der Waals surface area (Å²) in [4.78, 5) is 36.0. The second-order valence-corrected chi connectivity index (χ2v) is 7.51. The highest BCUT2D eigenvalue weighted by molar-refractivity contribution is 6.31. The van der Waals surface area contributed by atoms with Gasteiger partial charge in [0.25, 0.3) is 5.91 Å². The molecule has 3 aromatic rings. The second kappa shape index (κ2) is 10.6. The molecule has 0 spiro atoms. The highest BCUT2D eigenvalue weighted by Crippen LogP contribution is 2.23. The lowest BCUT2D eigenvalue weighted by Crippen LogP contribution is -2.21. The minimum absolute atomic E-state index is 0.0482. The normalized spacial score (nSPS) is 10.5. The molecule has 6 nitrogen and oxygen atoms in total. The molecule has 3 rings (SSSR count). The molecule has 0 fully saturated rings. The van der Waals surface area contributed by atoms with Gasteiger partial charge in [-0.3, -0.25) is 14.4 Å². The van der Waals surface area contributed by atoms with Crippen LogP contribution in [0.5, 0.6) is 0 Å². The molecule has 0 atom stereocenters. The minimum Gasteiger partial charge on any atom is -0.456 e. The van der Waals surface area contributed by atoms with Crippen LogP contribution in [0.1, 0.15) is 24.8 Å². The molecule has 2 amide bonds. The number of nitrogens with one attached hydrogen (secondary N) is 2. The fourth-order valence-corrected chi connectivity index (χ4v) is 3.21. The topological polar surface area (TPSA) is 84.5 Å². The molecule has 0 unspecified atom stereocenters. The molecule has 0 aliphatic carbocycles. The zero-order valence-electron chi connectivity index (χ0n) is 17.1. The van der Waals surface area contributed by atoms with Crippen molar-refractivity contribution in [2.24, 2.45) is 0 Å². The molecule has 0 aliphatic rings. The van der Waals surface area contributed by atoms with Gasteiger partial charge in [-0.2, -0.15) is 0 Å². The molecule has 0 radical (unpaired) electrons. The summed E-state index contributed by atoms with van der Waals surface area (Å²) >= 11 is 6.02. The van der Waals surface area contributed by atoms with E-state index in [1.807, 2.05) is 49.4 Å². The van der Waals surface area contributed by atoms with Crippen LogP contribution in [0.2, 0.25) is 5.02 Å². The summed E-state index contributed by atoms with van der Waals surface area (Å²) in [7, 11) is 0. The third-order valence-electron chi connectivity index (χ3n) is 4.67. The van der Waals surface area contributed by atoms with Crippen molar-refractivity contribution in [3.05, 3.63) is 71.2 Å². The Hall–Kier alpha value is -3.38. The van der Waals surface area contributed by atoms with Crippen LogP contribution in [-0.2, 0) is 19.1 Å². The molecular formula is C24H23ClN2O4. The SMILES string of the molecule is Cc1ccc(NC(=O)COC(=O)CCCC(=O)Nc2cccc3ccccc23)cc1Cl. The van der Waals surface area contributed by atoms with E-state index < -0.39 is 18.5 Å². The fourth-order valence-electron chi connectivity index (χ4n) is 3.03. The average Bonchev–Trinajstić information content (AvgIpc) is 2.75. The van der Waals surface area contributed by atoms with Gasteiger partial charge in [0.1, 0.15) is 0 Å². The maximum absolute atomic E-state index is 12.2. The molecule has 160 valence electrons. The number of anilines is 2. The van der Waals surface area contributed by atoms with E-state index >= 15 is 0 Å². The Morgan fingerprint density at radius 2 is 1.68 bits per heavy atom. The van der Waals surface area contributed by atoms with Gasteiger partial charge >= 0.3 is 5.97 Å². The second-order valence-electron chi connectivity index (χ2n) is 7.10. The Morgan fingerprint density at radius 3 is 2.48 bits per heavy atom. The molecule has 31 heavy (non-hydrogen) atoms. The highest BCUT2D eigenvalue weighted by atomic mass is 35.5. The van der Waals surface area contributed by atoms with E-state index in [4.69, 9.17) is 16.3 Å². The monoisotopic (exact) mass is 438 g/mol. The third kappa shape index (κ3) is 6.55. The largest absolute Gasteiger partial charge is 0.456 e. The number of aryl methyl sites for hydroxylation is 1. The molecule has 0 bridgehead atoms. The number of hydrogen-bond donors (Lipinski definition) is 2. The predicted octanol–water partition coefficient (Wildman–Crippen LogP) is 5.09. The quantitative estimate of drug-likeness (QED) is 0.479. The van der Waals surface area contributed by atoms with E-state index in [0.717, 1.165) is 22.0 Å². The van der Waals surface area contributed by atoms with Crippen molar-refractivity contribution in [3.8, 4) is 0 Å². The van der Waals surface area contributed by atoms with Gasteiger partial charge in [0, 0.05) is 34.6 Å². The Morgan fingerprint density at radius 1 is 0.903 bits per heavy atom. The number of hydrogen-bond acceptors (Lipinski definition) is 4. The van der Waals surface area contributed by atoms with E-state index in [-0.39, 0.29) is 18.7 Å². The first kappa shape index (κ1) is 22.3. The van der Waals surface area contributed by atoms with Crippen molar-refractivity contribution in [1.29, 1.82) is 0 Å². The van der Waals surface area contributed by atoms with Crippen molar-refractivity contribution in [2.45, 2.75) is 26.2 Å². The van der Waals surface area contributed by atoms with E-state index in [9.17, 15) is 14.4 Å². The smallest absolute Gasteiger partial charge is 0.306 e. The standard InChI is InChI=1S/C24H23ClN2O4/c1-16-12-13-18(14-20(16)25)26-23(29)15-31-24(30)11-5-10-22(28)27-21-9-4-7-17-6-2-3-8-19(17)21/h2-4,6-9,12-14H,5,10-11,15H2,1H3,(H,26,29)(H,27,28). The number of ether oxygens (including phenoxy) is 1. The van der Waals surface area contributed by atoms with Crippen LogP contribution in [0.25, 0.3) is 10.8 Å². The number of amides is 2. The van der Waals surface area contributed by atoms with Gasteiger partial charge < -0.3 is 15.4 Å². The number of rotatable bonds is 8. The van der Waals surface area contributed by atoms with Crippen molar-refractivity contribution in [2.75, 3.05) is 17.2 Å². The number of benzene rings is 3. The summed E-state index contributed by atoms with van der Waals surface area (Å²) in [5, 5.41) is 8.03. The molecule has 0 aliphatic heterocycles. The molecule has 0 saturated heterocycles. The van der Waals surface area contributed by atoms with Crippen LogP contribution in [0.15, 0.2) is 60.7 Å². The van der Waals surface area contributed by atoms with Crippen LogP contribution < -0.4 is 10.6 Å². The molecule has 3 aromatic carbocycles. The Kier molecular flexibility index (Phi) is 7.62. The van der Waals surface area contributed by atoms with E-state index in [0.29, 0.717) is 17.1 Å². The Labute approximate surface area is 185 Å². The van der Waals surface area contributed by atoms with Crippen LogP contribution in [0.4, 0.5) is 11.4 Å². The van der Waals surface area contributed by atoms with Gasteiger partial charge in [-0.25, -0.2) is 0 Å². The molecule has 0 heterocycles. The minimum atomic E-state index is -0.532. The molecule has 0 saturated carbocycles. The van der Waals surface area contributed by atoms with Crippen LogP contribution in [-0.4, -0.2) is 24.4 Å². The lowest BCUT2D eigenvalue weighted by molar-refractivity contribution is -0.147. The van der Waals surface area contributed by atoms with Crippen molar-refractivity contribution in [1.82, 2.24) is 0 Å². The van der Waals surface area contributed by atoms with Crippen molar-refractivity contribution >= 4 is 51.5 Å². The summed E-state index contributed by atoms with van der Waals surface area (Å²) in [5.41, 5.74) is 2.16. The first-order valence-corrected chi connectivity index (χ1v) is 10.3. The molecule has 0 aromatic heterocycles. The van der Waals surface area contributed by atoms with Gasteiger partial charge in [0.15, 0.2) is 6.61 Å². The summed E-state index contributed by atoms with van der Waals surface area (Å²) in [6, 6.07) is 18.6. The summed E-state index contributed by atoms with van der Waals surface area (Å²) in [6.45, 7) is 1.46. The number of halogens is 1. The summed E-state index contributed by atoms with van der Waals surface area (Å²) < 4.78 is 4.97.